The molecule has 2 aromatic carbocycles. The van der Waals surface area contributed by atoms with Gasteiger partial charge in [0.2, 0.25) is 0 Å². The number of carbonyl (C=O) groups is 2. The van der Waals surface area contributed by atoms with E-state index in [9.17, 15) is 9.59 Å². The highest BCUT2D eigenvalue weighted by Gasteiger charge is 2.32. The van der Waals surface area contributed by atoms with E-state index in [2.05, 4.69) is 10.6 Å². The van der Waals surface area contributed by atoms with Gasteiger partial charge in [0, 0.05) is 17.3 Å². The summed E-state index contributed by atoms with van der Waals surface area (Å²) in [6.45, 7) is 9.87. The molecule has 1 heterocycles. The van der Waals surface area contributed by atoms with Gasteiger partial charge in [0.15, 0.2) is 6.10 Å². The van der Waals surface area contributed by atoms with Crippen LogP contribution in [-0.2, 0) is 11.3 Å². The first-order valence-electron chi connectivity index (χ1n) is 9.40. The number of amides is 3. The topological polar surface area (TPSA) is 70.7 Å². The molecule has 0 aliphatic carbocycles. The fourth-order valence-corrected chi connectivity index (χ4v) is 3.12. The number of ether oxygens (including phenoxy) is 1. The van der Waals surface area contributed by atoms with Gasteiger partial charge < -0.3 is 20.3 Å². The molecule has 6 heteroatoms. The third-order valence-electron chi connectivity index (χ3n) is 4.43. The molecule has 1 aliphatic rings. The second-order valence-corrected chi connectivity index (χ2v) is 8.13. The van der Waals surface area contributed by atoms with Crippen molar-refractivity contribution in [2.75, 3.05) is 10.2 Å². The molecule has 0 spiro atoms. The summed E-state index contributed by atoms with van der Waals surface area (Å²) in [5, 5.41) is 5.75. The summed E-state index contributed by atoms with van der Waals surface area (Å²) in [5.41, 5.74) is 2.93. The summed E-state index contributed by atoms with van der Waals surface area (Å²) < 4.78 is 5.83. The highest BCUT2D eigenvalue weighted by Crippen LogP contribution is 2.39. The zero-order valence-corrected chi connectivity index (χ0v) is 17.0. The Balaban J connectivity index is 1.90. The minimum Gasteiger partial charge on any atom is -0.479 e. The van der Waals surface area contributed by atoms with Crippen molar-refractivity contribution in [1.82, 2.24) is 5.32 Å². The van der Waals surface area contributed by atoms with Crippen LogP contribution in [0.15, 0.2) is 42.5 Å². The Morgan fingerprint density at radius 1 is 1.18 bits per heavy atom. The van der Waals surface area contributed by atoms with Gasteiger partial charge in [0.25, 0.3) is 5.91 Å². The summed E-state index contributed by atoms with van der Waals surface area (Å²) >= 11 is 0. The Morgan fingerprint density at radius 3 is 2.50 bits per heavy atom. The maximum Gasteiger partial charge on any atom is 0.319 e. The molecular weight excluding hydrogens is 354 g/mol. The molecule has 6 nitrogen and oxygen atoms in total. The molecular formula is C22H27N3O3. The molecule has 0 bridgehead atoms. The minimum atomic E-state index is -0.588. The number of fused-ring (bicyclic) bond motifs is 1. The number of hydrogen-bond acceptors (Lipinski definition) is 3. The highest BCUT2D eigenvalue weighted by molar-refractivity contribution is 6.01. The standard InChI is InChI=1S/C22H27N3O3/c1-14-11-18-19(12-17(14)23-21(27)24-22(3,4)5)28-15(2)20(26)25(18)13-16-9-7-6-8-10-16/h6-12,15H,13H2,1-5H3,(H2,23,24,27)/t15-/m1/s1. The van der Waals surface area contributed by atoms with Crippen molar-refractivity contribution in [3.05, 3.63) is 53.6 Å². The second kappa shape index (κ2) is 7.54. The molecule has 0 unspecified atom stereocenters. The third-order valence-corrected chi connectivity index (χ3v) is 4.43. The SMILES string of the molecule is Cc1cc2c(cc1NC(=O)NC(C)(C)C)O[C@H](C)C(=O)N2Cc1ccccc1. The molecule has 0 radical (unpaired) electrons. The fraction of sp³-hybridized carbons (Fsp3) is 0.364. The number of anilines is 2. The second-order valence-electron chi connectivity index (χ2n) is 8.13. The van der Waals surface area contributed by atoms with Crippen LogP contribution in [0.1, 0.15) is 38.8 Å². The highest BCUT2D eigenvalue weighted by atomic mass is 16.5. The van der Waals surface area contributed by atoms with Crippen LogP contribution < -0.4 is 20.3 Å². The van der Waals surface area contributed by atoms with Crippen LogP contribution in [0.5, 0.6) is 5.75 Å². The van der Waals surface area contributed by atoms with E-state index in [1.807, 2.05) is 64.1 Å². The van der Waals surface area contributed by atoms with Gasteiger partial charge in [-0.1, -0.05) is 30.3 Å². The smallest absolute Gasteiger partial charge is 0.319 e. The number of carbonyl (C=O) groups excluding carboxylic acids is 2. The number of nitrogens with zero attached hydrogens (tertiary/aromatic N) is 1. The van der Waals surface area contributed by atoms with Gasteiger partial charge in [0.1, 0.15) is 5.75 Å². The van der Waals surface area contributed by atoms with Gasteiger partial charge in [-0.05, 0) is 51.8 Å². The Bertz CT molecular complexity index is 888. The first-order valence-corrected chi connectivity index (χ1v) is 9.40. The molecule has 3 rings (SSSR count). The predicted molar refractivity (Wildman–Crippen MR) is 111 cm³/mol. The van der Waals surface area contributed by atoms with Gasteiger partial charge in [-0.3, -0.25) is 4.79 Å². The summed E-state index contributed by atoms with van der Waals surface area (Å²) in [7, 11) is 0. The van der Waals surface area contributed by atoms with E-state index in [4.69, 9.17) is 4.74 Å². The molecule has 2 aromatic rings. The maximum atomic E-state index is 12.7. The molecule has 0 saturated heterocycles. The van der Waals surface area contributed by atoms with Gasteiger partial charge in [-0.2, -0.15) is 0 Å². The van der Waals surface area contributed by atoms with Crippen LogP contribution in [0.4, 0.5) is 16.2 Å². The summed E-state index contributed by atoms with van der Waals surface area (Å²) in [6.07, 6.45) is -0.588. The number of rotatable bonds is 3. The van der Waals surface area contributed by atoms with E-state index in [-0.39, 0.29) is 17.5 Å². The lowest BCUT2D eigenvalue weighted by Crippen LogP contribution is -2.44. The molecule has 148 valence electrons. The van der Waals surface area contributed by atoms with Gasteiger partial charge in [-0.25, -0.2) is 4.79 Å². The van der Waals surface area contributed by atoms with Crippen molar-refractivity contribution in [3.8, 4) is 5.75 Å². The van der Waals surface area contributed by atoms with Crippen molar-refractivity contribution in [2.24, 2.45) is 0 Å². The first kappa shape index (κ1) is 19.7. The molecule has 0 aromatic heterocycles. The normalized spacial score (nSPS) is 16.2. The van der Waals surface area contributed by atoms with E-state index in [0.29, 0.717) is 23.7 Å². The van der Waals surface area contributed by atoms with Crippen molar-refractivity contribution < 1.29 is 14.3 Å². The van der Waals surface area contributed by atoms with Gasteiger partial charge in [0.05, 0.1) is 12.2 Å². The van der Waals surface area contributed by atoms with Gasteiger partial charge >= 0.3 is 6.03 Å². The summed E-state index contributed by atoms with van der Waals surface area (Å²) in [6, 6.07) is 13.2. The van der Waals surface area contributed by atoms with Crippen LogP contribution in [-0.4, -0.2) is 23.6 Å². The Hall–Kier alpha value is -3.02. The van der Waals surface area contributed by atoms with Gasteiger partial charge in [-0.15, -0.1) is 0 Å². The van der Waals surface area contributed by atoms with Crippen LogP contribution >= 0.6 is 0 Å². The summed E-state index contributed by atoms with van der Waals surface area (Å²) in [5.74, 6) is 0.502. The number of benzene rings is 2. The lowest BCUT2D eigenvalue weighted by atomic mass is 10.1. The molecule has 1 aliphatic heterocycles. The van der Waals surface area contributed by atoms with Crippen molar-refractivity contribution >= 4 is 23.3 Å². The molecule has 0 saturated carbocycles. The lowest BCUT2D eigenvalue weighted by molar-refractivity contribution is -0.125. The first-order chi connectivity index (χ1) is 13.1. The largest absolute Gasteiger partial charge is 0.479 e. The number of nitrogens with one attached hydrogen (secondary N) is 2. The quantitative estimate of drug-likeness (QED) is 0.836. The van der Waals surface area contributed by atoms with Crippen LogP contribution in [0.25, 0.3) is 0 Å². The average Bonchev–Trinajstić information content (AvgIpc) is 2.60. The zero-order valence-electron chi connectivity index (χ0n) is 17.0. The van der Waals surface area contributed by atoms with Crippen LogP contribution in [0, 0.1) is 6.92 Å². The third kappa shape index (κ3) is 4.44. The van der Waals surface area contributed by atoms with E-state index in [1.165, 1.54) is 0 Å². The van der Waals surface area contributed by atoms with E-state index in [1.54, 1.807) is 17.9 Å². The summed E-state index contributed by atoms with van der Waals surface area (Å²) in [4.78, 5) is 26.7. The molecule has 3 amide bonds. The van der Waals surface area contributed by atoms with Crippen molar-refractivity contribution in [2.45, 2.75) is 52.8 Å². The Kier molecular flexibility index (Phi) is 5.31. The average molecular weight is 381 g/mol. The fourth-order valence-electron chi connectivity index (χ4n) is 3.12. The number of urea groups is 1. The molecule has 2 N–H and O–H groups in total. The molecule has 28 heavy (non-hydrogen) atoms. The molecule has 1 atom stereocenters. The predicted octanol–water partition coefficient (Wildman–Crippen LogP) is 4.23. The van der Waals surface area contributed by atoms with Crippen LogP contribution in [0.3, 0.4) is 0 Å². The maximum absolute atomic E-state index is 12.7. The Morgan fingerprint density at radius 2 is 1.86 bits per heavy atom. The molecule has 0 fully saturated rings. The number of aryl methyl sites for hydroxylation is 1. The van der Waals surface area contributed by atoms with E-state index < -0.39 is 6.10 Å². The minimum absolute atomic E-state index is 0.0815. The van der Waals surface area contributed by atoms with E-state index >= 15 is 0 Å². The lowest BCUT2D eigenvalue weighted by Gasteiger charge is -2.34. The van der Waals surface area contributed by atoms with Crippen molar-refractivity contribution in [3.63, 3.8) is 0 Å². The zero-order chi connectivity index (χ0) is 20.5. The monoisotopic (exact) mass is 381 g/mol. The Labute approximate surface area is 165 Å². The number of hydrogen-bond donors (Lipinski definition) is 2. The van der Waals surface area contributed by atoms with Crippen LogP contribution in [0.2, 0.25) is 0 Å². The van der Waals surface area contributed by atoms with E-state index in [0.717, 1.165) is 11.1 Å². The van der Waals surface area contributed by atoms with Crippen molar-refractivity contribution in [1.29, 1.82) is 0 Å².